The molecule has 27 heavy (non-hydrogen) atoms. The third kappa shape index (κ3) is 2.66. The third-order valence-corrected chi connectivity index (χ3v) is 4.85. The van der Waals surface area contributed by atoms with Gasteiger partial charge in [-0.1, -0.05) is 23.7 Å². The number of aryl methyl sites for hydroxylation is 1. The van der Waals surface area contributed by atoms with Crippen molar-refractivity contribution in [1.29, 1.82) is 0 Å². The summed E-state index contributed by atoms with van der Waals surface area (Å²) in [5, 5.41) is 16.2. The fraction of sp³-hybridized carbons (Fsp3) is 0.294. The van der Waals surface area contributed by atoms with E-state index in [-0.39, 0.29) is 18.8 Å². The van der Waals surface area contributed by atoms with E-state index >= 15 is 0 Å². The van der Waals surface area contributed by atoms with Gasteiger partial charge in [-0.25, -0.2) is 9.80 Å². The number of aromatic nitrogens is 4. The number of hydrogen-bond donors (Lipinski definition) is 1. The highest BCUT2D eigenvalue weighted by Crippen LogP contribution is 2.25. The number of halogens is 1. The quantitative estimate of drug-likeness (QED) is 0.696. The molecule has 1 aliphatic heterocycles. The zero-order chi connectivity index (χ0) is 19.3. The molecule has 1 aromatic carbocycles. The molecular formula is C17H17ClN6O3. The van der Waals surface area contributed by atoms with E-state index in [1.165, 1.54) is 16.6 Å². The van der Waals surface area contributed by atoms with Gasteiger partial charge in [0.2, 0.25) is 5.95 Å². The first-order chi connectivity index (χ1) is 12.9. The van der Waals surface area contributed by atoms with Gasteiger partial charge in [0.25, 0.3) is 5.56 Å². The minimum Gasteiger partial charge on any atom is -0.394 e. The number of β-amino-alcohol motifs (C(OH)–C–C–N with tert-alkyl or cyclic N) is 1. The predicted molar refractivity (Wildman–Crippen MR) is 103 cm³/mol. The molecule has 1 N–H and O–H groups in total. The van der Waals surface area contributed by atoms with Crippen molar-refractivity contribution in [3.05, 3.63) is 55.7 Å². The lowest BCUT2D eigenvalue weighted by molar-refractivity contribution is 0.301. The molecule has 0 saturated carbocycles. The highest BCUT2D eigenvalue weighted by molar-refractivity contribution is 6.30. The summed E-state index contributed by atoms with van der Waals surface area (Å²) >= 11 is 5.97. The molecular weight excluding hydrogens is 372 g/mol. The van der Waals surface area contributed by atoms with Crippen molar-refractivity contribution in [2.75, 3.05) is 18.2 Å². The van der Waals surface area contributed by atoms with Crippen molar-refractivity contribution >= 4 is 34.4 Å². The molecule has 0 aliphatic carbocycles. The number of imidazole rings is 1. The Bertz CT molecular complexity index is 1190. The summed E-state index contributed by atoms with van der Waals surface area (Å²) in [6, 6.07) is 7.21. The molecule has 0 bridgehead atoms. The van der Waals surface area contributed by atoms with Crippen LogP contribution in [0.15, 0.2) is 39.0 Å². The van der Waals surface area contributed by atoms with Crippen molar-refractivity contribution < 1.29 is 5.11 Å². The second kappa shape index (κ2) is 6.36. The number of anilines is 1. The van der Waals surface area contributed by atoms with Gasteiger partial charge in [0.15, 0.2) is 11.2 Å². The SMILES string of the molecule is Cn1c(=O)c2c(nc3n2CC(c2ccc(Cl)cc2)=NN3CCO)n(C)c1=O. The summed E-state index contributed by atoms with van der Waals surface area (Å²) < 4.78 is 4.12. The Labute approximate surface area is 158 Å². The molecule has 4 rings (SSSR count). The molecule has 2 aromatic heterocycles. The van der Waals surface area contributed by atoms with Crippen molar-refractivity contribution in [3.63, 3.8) is 0 Å². The Morgan fingerprint density at radius 3 is 2.52 bits per heavy atom. The third-order valence-electron chi connectivity index (χ3n) is 4.60. The Morgan fingerprint density at radius 1 is 1.15 bits per heavy atom. The first-order valence-corrected chi connectivity index (χ1v) is 8.68. The van der Waals surface area contributed by atoms with Gasteiger partial charge in [-0.15, -0.1) is 0 Å². The molecule has 0 amide bonds. The topological polar surface area (TPSA) is 97.7 Å². The van der Waals surface area contributed by atoms with Crippen LogP contribution in [-0.2, 0) is 20.6 Å². The Balaban J connectivity index is 1.96. The summed E-state index contributed by atoms with van der Waals surface area (Å²) in [4.78, 5) is 29.4. The van der Waals surface area contributed by atoms with E-state index in [4.69, 9.17) is 11.6 Å². The second-order valence-corrected chi connectivity index (χ2v) is 6.71. The number of nitrogens with zero attached hydrogens (tertiary/aromatic N) is 6. The molecule has 3 aromatic rings. The number of hydrazone groups is 1. The van der Waals surface area contributed by atoms with E-state index in [0.29, 0.717) is 28.7 Å². The molecule has 0 unspecified atom stereocenters. The van der Waals surface area contributed by atoms with Crippen LogP contribution in [-0.4, -0.2) is 42.7 Å². The molecule has 1 aliphatic rings. The fourth-order valence-corrected chi connectivity index (χ4v) is 3.32. The average molecular weight is 389 g/mol. The Morgan fingerprint density at radius 2 is 1.85 bits per heavy atom. The molecule has 3 heterocycles. The first-order valence-electron chi connectivity index (χ1n) is 8.30. The summed E-state index contributed by atoms with van der Waals surface area (Å²) in [7, 11) is 3.01. The lowest BCUT2D eigenvalue weighted by Crippen LogP contribution is -2.38. The van der Waals surface area contributed by atoms with Crippen molar-refractivity contribution in [2.24, 2.45) is 19.2 Å². The predicted octanol–water partition coefficient (Wildman–Crippen LogP) is 0.304. The van der Waals surface area contributed by atoms with E-state index in [1.54, 1.807) is 23.7 Å². The number of aliphatic hydroxyl groups is 1. The first kappa shape index (κ1) is 17.5. The van der Waals surface area contributed by atoms with Gasteiger partial charge in [0.1, 0.15) is 0 Å². The van der Waals surface area contributed by atoms with E-state index < -0.39 is 11.2 Å². The fourth-order valence-electron chi connectivity index (χ4n) is 3.19. The highest BCUT2D eigenvalue weighted by Gasteiger charge is 2.27. The van der Waals surface area contributed by atoms with Gasteiger partial charge in [-0.05, 0) is 17.7 Å². The van der Waals surface area contributed by atoms with Crippen LogP contribution in [0.4, 0.5) is 5.95 Å². The van der Waals surface area contributed by atoms with Crippen LogP contribution in [0.25, 0.3) is 11.2 Å². The Kier molecular flexibility index (Phi) is 4.12. The normalized spacial score (nSPS) is 13.8. The van der Waals surface area contributed by atoms with Crippen LogP contribution >= 0.6 is 11.6 Å². The maximum Gasteiger partial charge on any atom is 0.332 e. The van der Waals surface area contributed by atoms with E-state index in [2.05, 4.69) is 10.1 Å². The summed E-state index contributed by atoms with van der Waals surface area (Å²) in [5.41, 5.74) is 1.27. The maximum absolute atomic E-state index is 12.8. The zero-order valence-corrected chi connectivity index (χ0v) is 15.5. The van der Waals surface area contributed by atoms with Gasteiger partial charge in [0.05, 0.1) is 25.4 Å². The summed E-state index contributed by atoms with van der Waals surface area (Å²) in [6.45, 7) is 0.370. The van der Waals surface area contributed by atoms with Gasteiger partial charge < -0.3 is 5.11 Å². The molecule has 10 heteroatoms. The minimum atomic E-state index is -0.449. The molecule has 140 valence electrons. The second-order valence-electron chi connectivity index (χ2n) is 6.28. The van der Waals surface area contributed by atoms with Crippen molar-refractivity contribution in [1.82, 2.24) is 18.7 Å². The maximum atomic E-state index is 12.8. The monoisotopic (exact) mass is 388 g/mol. The van der Waals surface area contributed by atoms with Gasteiger partial charge in [-0.2, -0.15) is 10.1 Å². The Hall–Kier alpha value is -2.91. The van der Waals surface area contributed by atoms with E-state index in [9.17, 15) is 14.7 Å². The lowest BCUT2D eigenvalue weighted by Gasteiger charge is -2.25. The minimum absolute atomic E-state index is 0.141. The molecule has 0 spiro atoms. The molecule has 0 saturated heterocycles. The summed E-state index contributed by atoms with van der Waals surface area (Å²) in [5.74, 6) is 0.412. The van der Waals surface area contributed by atoms with Gasteiger partial charge in [-0.3, -0.25) is 18.5 Å². The summed E-state index contributed by atoms with van der Waals surface area (Å²) in [6.07, 6.45) is 0. The van der Waals surface area contributed by atoms with Crippen LogP contribution < -0.4 is 16.3 Å². The number of aliphatic hydroxyl groups excluding tert-OH is 1. The standard InChI is InChI=1S/C17H17ClN6O3/c1-21-14-13(15(26)22(2)17(21)27)23-9-12(10-3-5-11(18)6-4-10)20-24(7-8-25)16(23)19-14/h3-6,25H,7-9H2,1-2H3. The van der Waals surface area contributed by atoms with Crippen LogP contribution in [0.2, 0.25) is 5.02 Å². The molecule has 0 atom stereocenters. The average Bonchev–Trinajstić information content (AvgIpc) is 3.05. The largest absolute Gasteiger partial charge is 0.394 e. The van der Waals surface area contributed by atoms with Crippen molar-refractivity contribution in [3.8, 4) is 0 Å². The molecule has 0 radical (unpaired) electrons. The van der Waals surface area contributed by atoms with Gasteiger partial charge >= 0.3 is 5.69 Å². The van der Waals surface area contributed by atoms with Crippen molar-refractivity contribution in [2.45, 2.75) is 6.54 Å². The molecule has 9 nitrogen and oxygen atoms in total. The lowest BCUT2D eigenvalue weighted by atomic mass is 10.1. The van der Waals surface area contributed by atoms with Gasteiger partial charge in [0, 0.05) is 19.1 Å². The van der Waals surface area contributed by atoms with Crippen LogP contribution in [0.1, 0.15) is 5.56 Å². The molecule has 0 fully saturated rings. The smallest absolute Gasteiger partial charge is 0.332 e. The number of fused-ring (bicyclic) bond motifs is 3. The number of hydrogen-bond acceptors (Lipinski definition) is 6. The van der Waals surface area contributed by atoms with E-state index in [0.717, 1.165) is 10.1 Å². The highest BCUT2D eigenvalue weighted by atomic mass is 35.5. The number of rotatable bonds is 3. The number of benzene rings is 1. The van der Waals surface area contributed by atoms with Crippen LogP contribution in [0, 0.1) is 0 Å². The zero-order valence-electron chi connectivity index (χ0n) is 14.8. The van der Waals surface area contributed by atoms with Crippen LogP contribution in [0.3, 0.4) is 0 Å². The van der Waals surface area contributed by atoms with Crippen LogP contribution in [0.5, 0.6) is 0 Å². The van der Waals surface area contributed by atoms with E-state index in [1.807, 2.05) is 12.1 Å².